The molecule has 0 saturated heterocycles. The zero-order valence-electron chi connectivity index (χ0n) is 18.2. The van der Waals surface area contributed by atoms with Crippen molar-refractivity contribution in [2.24, 2.45) is 0 Å². The van der Waals surface area contributed by atoms with Crippen LogP contribution in [0.25, 0.3) is 10.7 Å². The van der Waals surface area contributed by atoms with E-state index in [4.69, 9.17) is 0 Å². The zero-order valence-corrected chi connectivity index (χ0v) is 19.9. The summed E-state index contributed by atoms with van der Waals surface area (Å²) in [6.07, 6.45) is 0. The molecule has 4 aromatic rings. The number of thioether (sulfide) groups is 1. The van der Waals surface area contributed by atoms with E-state index in [1.54, 1.807) is 11.3 Å². The Kier molecular flexibility index (Phi) is 7.21. The van der Waals surface area contributed by atoms with Crippen LogP contribution in [0.2, 0.25) is 0 Å². The van der Waals surface area contributed by atoms with E-state index in [0.717, 1.165) is 27.4 Å². The highest BCUT2D eigenvalue weighted by Gasteiger charge is 2.17. The van der Waals surface area contributed by atoms with E-state index in [9.17, 15) is 9.59 Å². The molecule has 0 atom stereocenters. The van der Waals surface area contributed by atoms with Gasteiger partial charge in [0.1, 0.15) is 0 Å². The Morgan fingerprint density at radius 2 is 1.85 bits per heavy atom. The van der Waals surface area contributed by atoms with Crippen molar-refractivity contribution in [2.75, 3.05) is 11.1 Å². The number of thiophene rings is 1. The van der Waals surface area contributed by atoms with Crippen LogP contribution in [0.5, 0.6) is 0 Å². The van der Waals surface area contributed by atoms with E-state index >= 15 is 0 Å². The summed E-state index contributed by atoms with van der Waals surface area (Å²) in [6.45, 7) is 4.47. The molecule has 0 fully saturated rings. The quantitative estimate of drug-likeness (QED) is 0.361. The van der Waals surface area contributed by atoms with E-state index < -0.39 is 11.9 Å². The molecule has 168 valence electrons. The topological polar surface area (TPSA) is 88.9 Å². The second-order valence-electron chi connectivity index (χ2n) is 7.46. The van der Waals surface area contributed by atoms with E-state index in [1.807, 2.05) is 84.5 Å². The third-order valence-electron chi connectivity index (χ3n) is 4.86. The van der Waals surface area contributed by atoms with E-state index in [2.05, 4.69) is 20.8 Å². The summed E-state index contributed by atoms with van der Waals surface area (Å²) < 4.78 is 1.99. The number of imide groups is 1. The summed E-state index contributed by atoms with van der Waals surface area (Å²) in [5, 5.41) is 16.4. The minimum absolute atomic E-state index is 0.0393. The molecule has 2 heterocycles. The second-order valence-corrected chi connectivity index (χ2v) is 9.35. The molecule has 9 heteroatoms. The molecule has 0 aliphatic carbocycles. The number of nitrogens with zero attached hydrogens (tertiary/aromatic N) is 3. The molecule has 0 bridgehead atoms. The monoisotopic (exact) mass is 477 g/mol. The molecule has 0 spiro atoms. The first kappa shape index (κ1) is 22.8. The van der Waals surface area contributed by atoms with Gasteiger partial charge in [-0.25, -0.2) is 4.79 Å². The van der Waals surface area contributed by atoms with Gasteiger partial charge in [-0.15, -0.1) is 21.5 Å². The number of benzene rings is 2. The van der Waals surface area contributed by atoms with Crippen LogP contribution >= 0.6 is 23.1 Å². The lowest BCUT2D eigenvalue weighted by Crippen LogP contribution is -2.35. The molecule has 33 heavy (non-hydrogen) atoms. The average Bonchev–Trinajstić information content (AvgIpc) is 3.45. The predicted octanol–water partition coefficient (Wildman–Crippen LogP) is 5.11. The van der Waals surface area contributed by atoms with Gasteiger partial charge in [0.15, 0.2) is 11.0 Å². The number of rotatable bonds is 7. The second kappa shape index (κ2) is 10.5. The van der Waals surface area contributed by atoms with Crippen LogP contribution in [0.4, 0.5) is 10.5 Å². The summed E-state index contributed by atoms with van der Waals surface area (Å²) in [5.74, 6) is 0.385. The number of carbonyl (C=O) groups excluding carboxylic acids is 2. The maximum Gasteiger partial charge on any atom is 0.325 e. The molecule has 0 saturated carbocycles. The van der Waals surface area contributed by atoms with Crippen LogP contribution in [-0.2, 0) is 11.3 Å². The largest absolute Gasteiger partial charge is 0.325 e. The standard InChI is InChI=1S/C24H23N5O2S2/c1-16-10-11-19(17(2)13-16)25-23(31)26-21(30)15-33-24-28-27-22(20-9-6-12-32-20)29(24)14-18-7-4-3-5-8-18/h3-13H,14-15H2,1-2H3,(H2,25,26,30,31). The van der Waals surface area contributed by atoms with Crippen LogP contribution in [0.1, 0.15) is 16.7 Å². The summed E-state index contributed by atoms with van der Waals surface area (Å²) in [6, 6.07) is 19.1. The number of aryl methyl sites for hydroxylation is 2. The van der Waals surface area contributed by atoms with Crippen molar-refractivity contribution < 1.29 is 9.59 Å². The number of amides is 3. The van der Waals surface area contributed by atoms with Gasteiger partial charge in [0.05, 0.1) is 17.2 Å². The number of hydrogen-bond donors (Lipinski definition) is 2. The smallest absolute Gasteiger partial charge is 0.307 e. The molecule has 0 radical (unpaired) electrons. The number of anilines is 1. The van der Waals surface area contributed by atoms with Gasteiger partial charge in [-0.3, -0.25) is 14.7 Å². The molecule has 3 amide bonds. The molecule has 0 aliphatic heterocycles. The predicted molar refractivity (Wildman–Crippen MR) is 133 cm³/mol. The van der Waals surface area contributed by atoms with E-state index in [0.29, 0.717) is 17.4 Å². The summed E-state index contributed by atoms with van der Waals surface area (Å²) in [7, 11) is 0. The van der Waals surface area contributed by atoms with Crippen LogP contribution in [0.15, 0.2) is 71.2 Å². The van der Waals surface area contributed by atoms with Gasteiger partial charge in [-0.2, -0.15) is 0 Å². The molecule has 0 unspecified atom stereocenters. The molecule has 2 aromatic heterocycles. The molecule has 0 aliphatic rings. The van der Waals surface area contributed by atoms with Gasteiger partial charge in [0, 0.05) is 5.69 Å². The fraction of sp³-hybridized carbons (Fsp3) is 0.167. The van der Waals surface area contributed by atoms with Crippen LogP contribution in [0, 0.1) is 13.8 Å². The van der Waals surface area contributed by atoms with Crippen LogP contribution in [0.3, 0.4) is 0 Å². The van der Waals surface area contributed by atoms with Gasteiger partial charge < -0.3 is 5.32 Å². The average molecular weight is 478 g/mol. The van der Waals surface area contributed by atoms with Crippen molar-refractivity contribution in [1.82, 2.24) is 20.1 Å². The molecule has 4 rings (SSSR count). The fourth-order valence-electron chi connectivity index (χ4n) is 3.29. The number of hydrogen-bond acceptors (Lipinski definition) is 6. The first-order valence-corrected chi connectivity index (χ1v) is 12.2. The van der Waals surface area contributed by atoms with Gasteiger partial charge in [-0.1, -0.05) is 65.9 Å². The van der Waals surface area contributed by atoms with Gasteiger partial charge in [0.2, 0.25) is 5.91 Å². The molecule has 2 N–H and O–H groups in total. The Labute approximate surface area is 200 Å². The van der Waals surface area contributed by atoms with Crippen molar-refractivity contribution in [3.8, 4) is 10.7 Å². The SMILES string of the molecule is Cc1ccc(NC(=O)NC(=O)CSc2nnc(-c3cccs3)n2Cc2ccccc2)c(C)c1. The first-order valence-electron chi connectivity index (χ1n) is 10.3. The summed E-state index contributed by atoms with van der Waals surface area (Å²) >= 11 is 2.83. The molecule has 2 aromatic carbocycles. The lowest BCUT2D eigenvalue weighted by molar-refractivity contribution is -0.117. The number of nitrogens with one attached hydrogen (secondary N) is 2. The Morgan fingerprint density at radius 1 is 1.03 bits per heavy atom. The highest BCUT2D eigenvalue weighted by atomic mass is 32.2. The van der Waals surface area contributed by atoms with Crippen molar-refractivity contribution in [3.63, 3.8) is 0 Å². The maximum atomic E-state index is 12.4. The third-order valence-corrected chi connectivity index (χ3v) is 6.69. The van der Waals surface area contributed by atoms with E-state index in [1.165, 1.54) is 11.8 Å². The minimum Gasteiger partial charge on any atom is -0.307 e. The number of aromatic nitrogens is 3. The minimum atomic E-state index is -0.558. The number of carbonyl (C=O) groups is 2. The van der Waals surface area contributed by atoms with Crippen molar-refractivity contribution >= 4 is 40.7 Å². The lowest BCUT2D eigenvalue weighted by atomic mass is 10.1. The van der Waals surface area contributed by atoms with Crippen molar-refractivity contribution in [2.45, 2.75) is 25.5 Å². The summed E-state index contributed by atoms with van der Waals surface area (Å²) in [5.41, 5.74) is 3.81. The van der Waals surface area contributed by atoms with Crippen molar-refractivity contribution in [3.05, 3.63) is 82.7 Å². The fourth-order valence-corrected chi connectivity index (χ4v) is 4.75. The Bertz CT molecular complexity index is 1250. The Balaban J connectivity index is 1.42. The molecular formula is C24H23N5O2S2. The van der Waals surface area contributed by atoms with Crippen LogP contribution < -0.4 is 10.6 Å². The zero-order chi connectivity index (χ0) is 23.2. The molecule has 7 nitrogen and oxygen atoms in total. The van der Waals surface area contributed by atoms with Gasteiger partial charge in [0.25, 0.3) is 0 Å². The lowest BCUT2D eigenvalue weighted by Gasteiger charge is -2.11. The Hall–Kier alpha value is -3.43. The normalized spacial score (nSPS) is 10.7. The summed E-state index contributed by atoms with van der Waals surface area (Å²) in [4.78, 5) is 25.7. The van der Waals surface area contributed by atoms with E-state index in [-0.39, 0.29) is 5.75 Å². The van der Waals surface area contributed by atoms with Gasteiger partial charge >= 0.3 is 6.03 Å². The highest BCUT2D eigenvalue weighted by Crippen LogP contribution is 2.28. The van der Waals surface area contributed by atoms with Gasteiger partial charge in [-0.05, 0) is 42.5 Å². The van der Waals surface area contributed by atoms with Crippen molar-refractivity contribution in [1.29, 1.82) is 0 Å². The Morgan fingerprint density at radius 3 is 2.58 bits per heavy atom. The van der Waals surface area contributed by atoms with Crippen LogP contribution in [-0.4, -0.2) is 32.5 Å². The first-order chi connectivity index (χ1) is 16.0. The maximum absolute atomic E-state index is 12.4. The number of urea groups is 1. The third kappa shape index (κ3) is 5.88. The highest BCUT2D eigenvalue weighted by molar-refractivity contribution is 7.99. The molecular weight excluding hydrogens is 454 g/mol.